The molecule has 5 nitrogen and oxygen atoms in total. The molecule has 1 saturated heterocycles. The van der Waals surface area contributed by atoms with Crippen LogP contribution in [-0.2, 0) is 9.53 Å². The minimum absolute atomic E-state index is 0.00506. The van der Waals surface area contributed by atoms with Gasteiger partial charge >= 0.3 is 0 Å². The van der Waals surface area contributed by atoms with E-state index >= 15 is 0 Å². The number of ether oxygens (including phenoxy) is 1. The van der Waals surface area contributed by atoms with Crippen LogP contribution in [0.4, 0.5) is 4.39 Å². The molecule has 0 aliphatic carbocycles. The molecule has 0 spiro atoms. The Kier molecular flexibility index (Phi) is 5.85. The van der Waals surface area contributed by atoms with E-state index in [2.05, 4.69) is 5.32 Å². The zero-order chi connectivity index (χ0) is 18.5. The fraction of sp³-hybridized carbons (Fsp3) is 0.263. The maximum atomic E-state index is 13.8. The Morgan fingerprint density at radius 3 is 2.69 bits per heavy atom. The van der Waals surface area contributed by atoms with Gasteiger partial charge in [0.2, 0.25) is 5.91 Å². The van der Waals surface area contributed by atoms with Gasteiger partial charge in [0.25, 0.3) is 5.91 Å². The Morgan fingerprint density at radius 2 is 1.96 bits per heavy atom. The fourth-order valence-corrected chi connectivity index (χ4v) is 3.06. The van der Waals surface area contributed by atoms with Gasteiger partial charge in [-0.05, 0) is 17.7 Å². The standard InChI is InChI=1S/C19H18ClFN2O3/c20-14-7-4-8-15(21)18(14)19(25)22-11-17(24)23-9-10-26-16(12-23)13-5-2-1-3-6-13/h1-8,16H,9-12H2,(H,22,25). The number of carbonyl (C=O) groups excluding carboxylic acids is 2. The van der Waals surface area contributed by atoms with Crippen LogP contribution >= 0.6 is 11.6 Å². The van der Waals surface area contributed by atoms with Gasteiger partial charge in [-0.25, -0.2) is 4.39 Å². The molecule has 1 N–H and O–H groups in total. The molecule has 7 heteroatoms. The highest BCUT2D eigenvalue weighted by Crippen LogP contribution is 2.22. The Balaban J connectivity index is 1.59. The summed E-state index contributed by atoms with van der Waals surface area (Å²) in [5.41, 5.74) is 0.735. The summed E-state index contributed by atoms with van der Waals surface area (Å²) in [6.07, 6.45) is -0.203. The molecule has 0 radical (unpaired) electrons. The van der Waals surface area contributed by atoms with Crippen molar-refractivity contribution in [3.63, 3.8) is 0 Å². The maximum Gasteiger partial charge on any atom is 0.256 e. The topological polar surface area (TPSA) is 58.6 Å². The quantitative estimate of drug-likeness (QED) is 0.892. The van der Waals surface area contributed by atoms with E-state index < -0.39 is 11.7 Å². The first-order valence-electron chi connectivity index (χ1n) is 8.23. The second-order valence-electron chi connectivity index (χ2n) is 5.89. The van der Waals surface area contributed by atoms with Crippen LogP contribution < -0.4 is 5.32 Å². The molecule has 136 valence electrons. The SMILES string of the molecule is O=C(NCC(=O)N1CCOC(c2ccccc2)C1)c1c(F)cccc1Cl. The van der Waals surface area contributed by atoms with Gasteiger partial charge in [0.05, 0.1) is 30.3 Å². The number of halogens is 2. The van der Waals surface area contributed by atoms with E-state index in [9.17, 15) is 14.0 Å². The average molecular weight is 377 g/mol. The van der Waals surface area contributed by atoms with Crippen molar-refractivity contribution in [3.8, 4) is 0 Å². The molecular formula is C19H18ClFN2O3. The van der Waals surface area contributed by atoms with Crippen LogP contribution in [0.5, 0.6) is 0 Å². The lowest BCUT2D eigenvalue weighted by Crippen LogP contribution is -2.46. The smallest absolute Gasteiger partial charge is 0.256 e. The molecule has 1 aliphatic heterocycles. The van der Waals surface area contributed by atoms with Crippen LogP contribution in [-0.4, -0.2) is 43.0 Å². The molecule has 3 rings (SSSR count). The van der Waals surface area contributed by atoms with E-state index in [0.29, 0.717) is 19.7 Å². The van der Waals surface area contributed by atoms with Crippen molar-refractivity contribution in [1.29, 1.82) is 0 Å². The maximum absolute atomic E-state index is 13.8. The Bertz CT molecular complexity index is 780. The number of nitrogens with one attached hydrogen (secondary N) is 1. The summed E-state index contributed by atoms with van der Waals surface area (Å²) in [7, 11) is 0. The first-order chi connectivity index (χ1) is 12.6. The molecule has 0 bridgehead atoms. The second-order valence-corrected chi connectivity index (χ2v) is 6.30. The van der Waals surface area contributed by atoms with Gasteiger partial charge in [0.15, 0.2) is 0 Å². The van der Waals surface area contributed by atoms with Crippen LogP contribution in [0.15, 0.2) is 48.5 Å². The molecule has 1 fully saturated rings. The largest absolute Gasteiger partial charge is 0.370 e. The zero-order valence-electron chi connectivity index (χ0n) is 14.0. The normalized spacial score (nSPS) is 17.0. The molecule has 1 unspecified atom stereocenters. The molecular weight excluding hydrogens is 359 g/mol. The monoisotopic (exact) mass is 376 g/mol. The van der Waals surface area contributed by atoms with E-state index in [-0.39, 0.29) is 29.1 Å². The Hall–Kier alpha value is -2.44. The molecule has 0 saturated carbocycles. The van der Waals surface area contributed by atoms with Gasteiger partial charge < -0.3 is 15.0 Å². The van der Waals surface area contributed by atoms with Gasteiger partial charge in [0, 0.05) is 6.54 Å². The van der Waals surface area contributed by atoms with Gasteiger partial charge in [-0.2, -0.15) is 0 Å². The number of carbonyl (C=O) groups is 2. The number of benzene rings is 2. The third-order valence-corrected chi connectivity index (χ3v) is 4.50. The van der Waals surface area contributed by atoms with Crippen LogP contribution in [0.2, 0.25) is 5.02 Å². The lowest BCUT2D eigenvalue weighted by molar-refractivity contribution is -0.137. The van der Waals surface area contributed by atoms with Crippen LogP contribution in [0, 0.1) is 5.82 Å². The molecule has 1 aliphatic rings. The highest BCUT2D eigenvalue weighted by Gasteiger charge is 2.26. The predicted molar refractivity (Wildman–Crippen MR) is 95.5 cm³/mol. The van der Waals surface area contributed by atoms with Crippen molar-refractivity contribution in [2.24, 2.45) is 0 Å². The van der Waals surface area contributed by atoms with Gasteiger partial charge in [0.1, 0.15) is 11.9 Å². The minimum atomic E-state index is -0.724. The highest BCUT2D eigenvalue weighted by atomic mass is 35.5. The summed E-state index contributed by atoms with van der Waals surface area (Å²) < 4.78 is 19.5. The fourth-order valence-electron chi connectivity index (χ4n) is 2.82. The number of hydrogen-bond acceptors (Lipinski definition) is 3. The predicted octanol–water partition coefficient (Wildman–Crippen LogP) is 2.81. The van der Waals surface area contributed by atoms with Crippen molar-refractivity contribution in [3.05, 3.63) is 70.5 Å². The van der Waals surface area contributed by atoms with E-state index in [1.54, 1.807) is 4.90 Å². The summed E-state index contributed by atoms with van der Waals surface area (Å²) in [5.74, 6) is -1.69. The van der Waals surface area contributed by atoms with Crippen molar-refractivity contribution in [2.75, 3.05) is 26.2 Å². The van der Waals surface area contributed by atoms with E-state index in [1.807, 2.05) is 30.3 Å². The van der Waals surface area contributed by atoms with Crippen molar-refractivity contribution in [1.82, 2.24) is 10.2 Å². The zero-order valence-corrected chi connectivity index (χ0v) is 14.7. The molecule has 26 heavy (non-hydrogen) atoms. The van der Waals surface area contributed by atoms with E-state index in [4.69, 9.17) is 16.3 Å². The first-order valence-corrected chi connectivity index (χ1v) is 8.60. The van der Waals surface area contributed by atoms with Crippen molar-refractivity contribution in [2.45, 2.75) is 6.10 Å². The molecule has 2 amide bonds. The lowest BCUT2D eigenvalue weighted by Gasteiger charge is -2.33. The molecule has 1 atom stereocenters. The summed E-state index contributed by atoms with van der Waals surface area (Å²) in [6, 6.07) is 13.6. The minimum Gasteiger partial charge on any atom is -0.370 e. The Labute approximate surface area is 155 Å². The van der Waals surface area contributed by atoms with Crippen LogP contribution in [0.25, 0.3) is 0 Å². The third-order valence-electron chi connectivity index (χ3n) is 4.18. The van der Waals surface area contributed by atoms with Crippen molar-refractivity contribution < 1.29 is 18.7 Å². The van der Waals surface area contributed by atoms with E-state index in [1.165, 1.54) is 12.1 Å². The Morgan fingerprint density at radius 1 is 1.19 bits per heavy atom. The highest BCUT2D eigenvalue weighted by molar-refractivity contribution is 6.33. The first kappa shape index (κ1) is 18.4. The van der Waals surface area contributed by atoms with Gasteiger partial charge in [-0.3, -0.25) is 9.59 Å². The number of hydrogen-bond donors (Lipinski definition) is 1. The number of morpholine rings is 1. The molecule has 0 aromatic heterocycles. The number of rotatable bonds is 4. The van der Waals surface area contributed by atoms with Crippen LogP contribution in [0.1, 0.15) is 22.0 Å². The number of amides is 2. The second kappa shape index (κ2) is 8.29. The van der Waals surface area contributed by atoms with Gasteiger partial charge in [-0.15, -0.1) is 0 Å². The van der Waals surface area contributed by atoms with Crippen LogP contribution in [0.3, 0.4) is 0 Å². The molecule has 2 aromatic carbocycles. The third kappa shape index (κ3) is 4.20. The van der Waals surface area contributed by atoms with E-state index in [0.717, 1.165) is 11.6 Å². The number of nitrogens with zero attached hydrogens (tertiary/aromatic N) is 1. The van der Waals surface area contributed by atoms with Gasteiger partial charge in [-0.1, -0.05) is 48.0 Å². The lowest BCUT2D eigenvalue weighted by atomic mass is 10.1. The summed E-state index contributed by atoms with van der Waals surface area (Å²) in [6.45, 7) is 1.03. The summed E-state index contributed by atoms with van der Waals surface area (Å²) in [4.78, 5) is 26.2. The molecule has 2 aromatic rings. The summed E-state index contributed by atoms with van der Waals surface area (Å²) in [5, 5.41) is 2.44. The molecule has 1 heterocycles. The summed E-state index contributed by atoms with van der Waals surface area (Å²) >= 11 is 5.86. The van der Waals surface area contributed by atoms with Crippen molar-refractivity contribution >= 4 is 23.4 Å². The average Bonchev–Trinajstić information content (AvgIpc) is 2.67.